The molecule has 4 aliphatic rings. The number of rotatable bonds is 8. The van der Waals surface area contributed by atoms with Crippen molar-refractivity contribution in [3.05, 3.63) is 77.9 Å². The molecule has 9 heteroatoms. The number of likely N-dealkylation sites (tertiary alicyclic amines) is 1. The molecule has 9 nitrogen and oxygen atoms in total. The van der Waals surface area contributed by atoms with Crippen molar-refractivity contribution in [1.82, 2.24) is 4.90 Å². The van der Waals surface area contributed by atoms with Gasteiger partial charge in [0.15, 0.2) is 0 Å². The molecule has 1 unspecified atom stereocenters. The predicted molar refractivity (Wildman–Crippen MR) is 168 cm³/mol. The Morgan fingerprint density at radius 2 is 1.64 bits per heavy atom. The van der Waals surface area contributed by atoms with E-state index in [1.165, 1.54) is 0 Å². The number of aliphatic hydroxyl groups excluding tert-OH is 1. The van der Waals surface area contributed by atoms with Gasteiger partial charge < -0.3 is 29.3 Å². The number of anilines is 2. The lowest BCUT2D eigenvalue weighted by atomic mass is 9.74. The molecule has 1 spiro atoms. The molecule has 3 amide bonds. The molecule has 232 valence electrons. The number of benzene rings is 2. The molecule has 6 rings (SSSR count). The van der Waals surface area contributed by atoms with Gasteiger partial charge >= 0.3 is 0 Å². The fraction of sp³-hybridized carbons (Fsp3) is 0.457. The number of ether oxygens (including phenoxy) is 2. The van der Waals surface area contributed by atoms with Crippen LogP contribution in [0.25, 0.3) is 0 Å². The summed E-state index contributed by atoms with van der Waals surface area (Å²) in [5.41, 5.74) is 1.03. The van der Waals surface area contributed by atoms with Gasteiger partial charge in [-0.05, 0) is 82.0 Å². The van der Waals surface area contributed by atoms with E-state index in [-0.39, 0.29) is 30.9 Å². The molecule has 4 heterocycles. The van der Waals surface area contributed by atoms with Crippen LogP contribution in [0.4, 0.5) is 11.4 Å². The molecule has 2 aromatic carbocycles. The average molecular weight is 600 g/mol. The molecule has 0 radical (unpaired) electrons. The van der Waals surface area contributed by atoms with Crippen LogP contribution in [-0.4, -0.2) is 77.8 Å². The molecule has 2 saturated heterocycles. The summed E-state index contributed by atoms with van der Waals surface area (Å²) >= 11 is 0. The monoisotopic (exact) mass is 599 g/mol. The number of hydrogen-bond acceptors (Lipinski definition) is 6. The van der Waals surface area contributed by atoms with E-state index in [1.807, 2.05) is 94.5 Å². The van der Waals surface area contributed by atoms with Gasteiger partial charge in [0.05, 0.1) is 24.0 Å². The van der Waals surface area contributed by atoms with E-state index in [2.05, 4.69) is 0 Å². The Bertz CT molecular complexity index is 1520. The highest BCUT2D eigenvalue weighted by Gasteiger charge is 2.74. The van der Waals surface area contributed by atoms with Gasteiger partial charge in [0.25, 0.3) is 5.91 Å². The number of carbonyl (C=O) groups excluding carboxylic acids is 3. The first-order valence-corrected chi connectivity index (χ1v) is 15.5. The van der Waals surface area contributed by atoms with E-state index < -0.39 is 29.1 Å². The molecule has 2 fully saturated rings. The Morgan fingerprint density at radius 1 is 0.909 bits per heavy atom. The van der Waals surface area contributed by atoms with Gasteiger partial charge in [0, 0.05) is 37.6 Å². The second-order valence-corrected chi connectivity index (χ2v) is 12.4. The predicted octanol–water partition coefficient (Wildman–Crippen LogP) is 3.95. The molecule has 44 heavy (non-hydrogen) atoms. The van der Waals surface area contributed by atoms with E-state index >= 15 is 0 Å². The van der Waals surface area contributed by atoms with Crippen LogP contribution in [0.1, 0.15) is 37.8 Å². The number of hydrogen-bond donors (Lipinski definition) is 1. The summed E-state index contributed by atoms with van der Waals surface area (Å²) in [7, 11) is 0. The third-order valence-electron chi connectivity index (χ3n) is 9.48. The fourth-order valence-corrected chi connectivity index (χ4v) is 7.50. The minimum Gasteiger partial charge on any atom is -0.494 e. The largest absolute Gasteiger partial charge is 0.494 e. The van der Waals surface area contributed by atoms with Crippen LogP contribution in [-0.2, 0) is 19.1 Å². The maximum atomic E-state index is 14.7. The molecule has 4 aliphatic heterocycles. The summed E-state index contributed by atoms with van der Waals surface area (Å²) in [5.74, 6) is -1.75. The number of nitrogens with zero attached hydrogens (tertiary/aromatic N) is 3. The minimum absolute atomic E-state index is 0.0126. The molecule has 0 saturated carbocycles. The number of aliphatic hydroxyl groups is 1. The lowest BCUT2D eigenvalue weighted by Gasteiger charge is -2.37. The Morgan fingerprint density at radius 3 is 2.36 bits per heavy atom. The maximum Gasteiger partial charge on any atom is 0.253 e. The van der Waals surface area contributed by atoms with Crippen molar-refractivity contribution >= 4 is 29.1 Å². The number of carbonyl (C=O) groups is 3. The number of unbranched alkanes of at least 4 members (excludes halogenated alkanes) is 1. The second-order valence-electron chi connectivity index (χ2n) is 12.4. The Labute approximate surface area is 258 Å². The average Bonchev–Trinajstić information content (AvgIpc) is 3.26. The summed E-state index contributed by atoms with van der Waals surface area (Å²) in [6.45, 7) is 9.18. The normalized spacial score (nSPS) is 29.4. The van der Waals surface area contributed by atoms with Crippen molar-refractivity contribution < 1.29 is 29.0 Å². The molecular formula is C35H41N3O6. The molecule has 2 aromatic rings. The van der Waals surface area contributed by atoms with Crippen LogP contribution in [0.3, 0.4) is 0 Å². The van der Waals surface area contributed by atoms with E-state index in [0.29, 0.717) is 44.0 Å². The summed E-state index contributed by atoms with van der Waals surface area (Å²) in [6.07, 6.45) is 8.60. The van der Waals surface area contributed by atoms with E-state index in [1.54, 1.807) is 14.7 Å². The third-order valence-corrected chi connectivity index (χ3v) is 9.48. The summed E-state index contributed by atoms with van der Waals surface area (Å²) in [5, 5.41) is 9.50. The van der Waals surface area contributed by atoms with Crippen molar-refractivity contribution in [2.75, 3.05) is 42.6 Å². The van der Waals surface area contributed by atoms with Crippen molar-refractivity contribution in [3.8, 4) is 5.75 Å². The van der Waals surface area contributed by atoms with Crippen molar-refractivity contribution in [1.29, 1.82) is 0 Å². The fourth-order valence-electron chi connectivity index (χ4n) is 7.50. The second kappa shape index (κ2) is 11.5. The molecule has 0 bridgehead atoms. The maximum absolute atomic E-state index is 14.7. The quantitative estimate of drug-likeness (QED) is 0.365. The SMILES string of the molecule is CCOc1ccc(N2CC=C[C@]3(C)O[C@]45C=CCN(c6cc(C)ccc6C)C(=O)C4N(CCCCO)C(=O)[C@@H]5[C@@H]3C2=O)cc1. The smallest absolute Gasteiger partial charge is 0.253 e. The zero-order valence-corrected chi connectivity index (χ0v) is 25.9. The summed E-state index contributed by atoms with van der Waals surface area (Å²) in [4.78, 5) is 48.8. The topological polar surface area (TPSA) is 99.6 Å². The van der Waals surface area contributed by atoms with E-state index in [9.17, 15) is 19.5 Å². The number of aryl methyl sites for hydroxylation is 2. The van der Waals surface area contributed by atoms with Crippen molar-refractivity contribution in [2.24, 2.45) is 11.8 Å². The standard InChI is InChI=1S/C35H41N3O6/c1-5-43-26-14-12-25(13-15-26)36-19-8-16-34(4)28(31(36)40)29-32(41)38(18-6-7-21-39)30-33(42)37(20-9-17-35(29,30)44-34)27-22-23(2)10-11-24(27)3/h8-17,22,28-30,39H,5-7,18-21H2,1-4H3/t28-,29+,30?,34+,35+/m1/s1. The van der Waals surface area contributed by atoms with Crippen LogP contribution in [0.5, 0.6) is 5.75 Å². The van der Waals surface area contributed by atoms with Gasteiger partial charge in [-0.1, -0.05) is 36.4 Å². The van der Waals surface area contributed by atoms with Crippen molar-refractivity contribution in [2.45, 2.75) is 57.8 Å². The number of fused-ring (bicyclic) bond motifs is 2. The van der Waals surface area contributed by atoms with E-state index in [4.69, 9.17) is 9.47 Å². The first-order chi connectivity index (χ1) is 21.1. The van der Waals surface area contributed by atoms with Gasteiger partial charge in [0.1, 0.15) is 17.4 Å². The zero-order valence-electron chi connectivity index (χ0n) is 25.9. The highest BCUT2D eigenvalue weighted by atomic mass is 16.5. The van der Waals surface area contributed by atoms with Gasteiger partial charge in [-0.3, -0.25) is 14.4 Å². The van der Waals surface area contributed by atoms with Crippen LogP contribution in [0.15, 0.2) is 66.8 Å². The lowest BCUT2D eigenvalue weighted by Crippen LogP contribution is -2.56. The summed E-state index contributed by atoms with van der Waals surface area (Å²) < 4.78 is 12.5. The van der Waals surface area contributed by atoms with Gasteiger partial charge in [0.2, 0.25) is 11.8 Å². The summed E-state index contributed by atoms with van der Waals surface area (Å²) in [6, 6.07) is 12.4. The van der Waals surface area contributed by atoms with Gasteiger partial charge in [-0.2, -0.15) is 0 Å². The van der Waals surface area contributed by atoms with Crippen LogP contribution in [0.2, 0.25) is 0 Å². The lowest BCUT2D eigenvalue weighted by molar-refractivity contribution is -0.144. The highest BCUT2D eigenvalue weighted by Crippen LogP contribution is 2.57. The van der Waals surface area contributed by atoms with Crippen molar-refractivity contribution in [3.63, 3.8) is 0 Å². The minimum atomic E-state index is -1.33. The Hall–Kier alpha value is -3.95. The molecule has 1 N–H and O–H groups in total. The Kier molecular flexibility index (Phi) is 7.88. The molecule has 5 atom stereocenters. The molecular weight excluding hydrogens is 558 g/mol. The third kappa shape index (κ3) is 4.73. The van der Waals surface area contributed by atoms with E-state index in [0.717, 1.165) is 16.8 Å². The van der Waals surface area contributed by atoms with Gasteiger partial charge in [-0.25, -0.2) is 0 Å². The first-order valence-electron chi connectivity index (χ1n) is 15.5. The van der Waals surface area contributed by atoms with Crippen LogP contribution in [0, 0.1) is 25.7 Å². The Balaban J connectivity index is 1.43. The number of amides is 3. The molecule has 0 aliphatic carbocycles. The zero-order chi connectivity index (χ0) is 31.2. The molecule has 0 aromatic heterocycles. The first kappa shape index (κ1) is 30.1. The van der Waals surface area contributed by atoms with Crippen LogP contribution >= 0.6 is 0 Å². The van der Waals surface area contributed by atoms with Crippen LogP contribution < -0.4 is 14.5 Å². The van der Waals surface area contributed by atoms with Gasteiger partial charge in [-0.15, -0.1) is 0 Å². The highest BCUT2D eigenvalue weighted by molar-refractivity contribution is 6.07.